The Labute approximate surface area is 68.0 Å². The minimum atomic E-state index is -1.13. The number of anilines is 1. The molecule has 61 valence electrons. The number of nitrogens with one attached hydrogen (secondary N) is 1. The molecule has 1 amide bonds. The highest BCUT2D eigenvalue weighted by Crippen LogP contribution is 2.06. The van der Waals surface area contributed by atoms with E-state index in [9.17, 15) is 9.59 Å². The van der Waals surface area contributed by atoms with Gasteiger partial charge in [0.15, 0.2) is 0 Å². The fourth-order valence-electron chi connectivity index (χ4n) is 0.684. The number of carbonyl (C=O) groups excluding carboxylic acids is 1. The Morgan fingerprint density at radius 2 is 2.42 bits per heavy atom. The first kappa shape index (κ1) is 8.19. The van der Waals surface area contributed by atoms with Gasteiger partial charge in [0, 0.05) is 11.9 Å². The second kappa shape index (κ2) is 3.47. The number of hydrogen-bond acceptors (Lipinski definition) is 3. The molecule has 2 N–H and O–H groups in total. The molecule has 5 nitrogen and oxygen atoms in total. The van der Waals surface area contributed by atoms with Crippen LogP contribution in [0.5, 0.6) is 0 Å². The molecule has 0 saturated carbocycles. The molecule has 0 spiro atoms. The predicted molar refractivity (Wildman–Crippen MR) is 40.5 cm³/mol. The molecule has 1 heterocycles. The highest BCUT2D eigenvalue weighted by molar-refractivity contribution is 5.87. The van der Waals surface area contributed by atoms with Crippen molar-refractivity contribution in [3.05, 3.63) is 24.0 Å². The SMILES string of the molecule is O=[C]Nc1ccnc(C(=O)O)c1. The molecule has 1 aromatic heterocycles. The van der Waals surface area contributed by atoms with Crippen LogP contribution in [0.1, 0.15) is 10.5 Å². The summed E-state index contributed by atoms with van der Waals surface area (Å²) < 4.78 is 0. The first-order valence-corrected chi connectivity index (χ1v) is 3.06. The van der Waals surface area contributed by atoms with E-state index in [1.165, 1.54) is 24.7 Å². The molecule has 0 fully saturated rings. The van der Waals surface area contributed by atoms with E-state index in [1.54, 1.807) is 0 Å². The number of carboxylic acids is 1. The van der Waals surface area contributed by atoms with Gasteiger partial charge in [0.25, 0.3) is 0 Å². The topological polar surface area (TPSA) is 79.3 Å². The van der Waals surface area contributed by atoms with Crippen LogP contribution in [0.2, 0.25) is 0 Å². The van der Waals surface area contributed by atoms with E-state index in [-0.39, 0.29) is 5.69 Å². The van der Waals surface area contributed by atoms with Crippen LogP contribution < -0.4 is 5.32 Å². The molecular weight excluding hydrogens is 160 g/mol. The molecular formula is C7H5N2O3. The van der Waals surface area contributed by atoms with E-state index in [1.807, 2.05) is 0 Å². The molecule has 0 saturated heterocycles. The van der Waals surface area contributed by atoms with Crippen molar-refractivity contribution in [2.75, 3.05) is 5.32 Å². The first-order chi connectivity index (χ1) is 5.74. The third-order valence-electron chi connectivity index (χ3n) is 1.17. The highest BCUT2D eigenvalue weighted by Gasteiger charge is 2.03. The number of aromatic nitrogens is 1. The molecule has 0 aliphatic heterocycles. The van der Waals surface area contributed by atoms with E-state index in [0.717, 1.165) is 0 Å². The zero-order valence-electron chi connectivity index (χ0n) is 5.94. The first-order valence-electron chi connectivity index (χ1n) is 3.06. The van der Waals surface area contributed by atoms with Gasteiger partial charge < -0.3 is 10.4 Å². The number of rotatable bonds is 3. The number of aromatic carboxylic acids is 1. The van der Waals surface area contributed by atoms with Crippen LogP contribution in [0.3, 0.4) is 0 Å². The number of nitrogens with zero attached hydrogens (tertiary/aromatic N) is 1. The van der Waals surface area contributed by atoms with E-state index in [4.69, 9.17) is 5.11 Å². The van der Waals surface area contributed by atoms with Gasteiger partial charge in [0.1, 0.15) is 5.69 Å². The van der Waals surface area contributed by atoms with E-state index < -0.39 is 5.97 Å². The van der Waals surface area contributed by atoms with Crippen LogP contribution in [-0.2, 0) is 4.79 Å². The molecule has 0 bridgehead atoms. The molecule has 1 radical (unpaired) electrons. The summed E-state index contributed by atoms with van der Waals surface area (Å²) in [7, 11) is 0. The maximum Gasteiger partial charge on any atom is 0.354 e. The Kier molecular flexibility index (Phi) is 2.37. The average molecular weight is 165 g/mol. The monoisotopic (exact) mass is 165 g/mol. The van der Waals surface area contributed by atoms with E-state index >= 15 is 0 Å². The average Bonchev–Trinajstić information content (AvgIpc) is 2.05. The van der Waals surface area contributed by atoms with Crippen LogP contribution >= 0.6 is 0 Å². The smallest absolute Gasteiger partial charge is 0.354 e. The summed E-state index contributed by atoms with van der Waals surface area (Å²) in [6.45, 7) is 0. The van der Waals surface area contributed by atoms with Gasteiger partial charge in [-0.25, -0.2) is 9.78 Å². The maximum absolute atomic E-state index is 10.4. The van der Waals surface area contributed by atoms with Gasteiger partial charge >= 0.3 is 12.4 Å². The summed E-state index contributed by atoms with van der Waals surface area (Å²) in [6.07, 6.45) is 2.72. The van der Waals surface area contributed by atoms with Gasteiger partial charge in [-0.1, -0.05) is 0 Å². The lowest BCUT2D eigenvalue weighted by Gasteiger charge is -1.97. The van der Waals surface area contributed by atoms with Crippen LogP contribution in [0.4, 0.5) is 5.69 Å². The van der Waals surface area contributed by atoms with Crippen molar-refractivity contribution in [1.29, 1.82) is 0 Å². The van der Waals surface area contributed by atoms with Crippen molar-refractivity contribution in [1.82, 2.24) is 4.98 Å². The van der Waals surface area contributed by atoms with Crippen molar-refractivity contribution in [2.24, 2.45) is 0 Å². The highest BCUT2D eigenvalue weighted by atomic mass is 16.4. The predicted octanol–water partition coefficient (Wildman–Crippen LogP) is 0.259. The second-order valence-corrected chi connectivity index (χ2v) is 1.96. The Balaban J connectivity index is 2.95. The van der Waals surface area contributed by atoms with E-state index in [0.29, 0.717) is 5.69 Å². The van der Waals surface area contributed by atoms with Crippen molar-refractivity contribution in [3.8, 4) is 0 Å². The van der Waals surface area contributed by atoms with Crippen LogP contribution in [0.25, 0.3) is 0 Å². The van der Waals surface area contributed by atoms with Crippen LogP contribution in [0.15, 0.2) is 18.3 Å². The molecule has 0 aliphatic rings. The van der Waals surface area contributed by atoms with Crippen molar-refractivity contribution >= 4 is 18.1 Å². The molecule has 12 heavy (non-hydrogen) atoms. The van der Waals surface area contributed by atoms with Gasteiger partial charge in [0.05, 0.1) is 0 Å². The summed E-state index contributed by atoms with van der Waals surface area (Å²) in [6, 6.07) is 2.71. The largest absolute Gasteiger partial charge is 0.477 e. The zero-order valence-corrected chi connectivity index (χ0v) is 5.94. The van der Waals surface area contributed by atoms with E-state index in [2.05, 4.69) is 10.3 Å². The molecule has 1 rings (SSSR count). The fraction of sp³-hybridized carbons (Fsp3) is 0. The molecule has 0 unspecified atom stereocenters. The third-order valence-corrected chi connectivity index (χ3v) is 1.17. The van der Waals surface area contributed by atoms with Gasteiger partial charge in [-0.05, 0) is 12.1 Å². The maximum atomic E-state index is 10.4. The molecule has 0 atom stereocenters. The lowest BCUT2D eigenvalue weighted by atomic mass is 10.3. The molecule has 5 heteroatoms. The number of carbonyl (C=O) groups is 1. The summed E-state index contributed by atoms with van der Waals surface area (Å²) in [5.74, 6) is -1.13. The molecule has 1 aromatic rings. The Morgan fingerprint density at radius 3 is 3.00 bits per heavy atom. The van der Waals surface area contributed by atoms with Gasteiger partial charge in [-0.15, -0.1) is 0 Å². The minimum Gasteiger partial charge on any atom is -0.477 e. The fourth-order valence-corrected chi connectivity index (χ4v) is 0.684. The number of amides is 1. The quantitative estimate of drug-likeness (QED) is 0.629. The number of hydrogen-bond donors (Lipinski definition) is 2. The normalized spacial score (nSPS) is 9.00. The zero-order chi connectivity index (χ0) is 8.97. The van der Waals surface area contributed by atoms with Crippen LogP contribution in [-0.4, -0.2) is 22.5 Å². The van der Waals surface area contributed by atoms with Gasteiger partial charge in [0.2, 0.25) is 0 Å². The standard InChI is InChI=1S/C7H5N2O3/c10-4-9-5-1-2-8-6(3-5)7(11)12/h1-3H,(H,11,12)(H,8,9,10). The summed E-state index contributed by atoms with van der Waals surface area (Å²) in [5.41, 5.74) is 0.243. The Morgan fingerprint density at radius 1 is 1.67 bits per heavy atom. The van der Waals surface area contributed by atoms with Crippen molar-refractivity contribution < 1.29 is 14.7 Å². The lowest BCUT2D eigenvalue weighted by molar-refractivity contribution is 0.0690. The minimum absolute atomic E-state index is 0.116. The molecule has 0 aromatic carbocycles. The van der Waals surface area contributed by atoms with Crippen LogP contribution in [0, 0.1) is 0 Å². The second-order valence-electron chi connectivity index (χ2n) is 1.96. The van der Waals surface area contributed by atoms with Crippen molar-refractivity contribution in [2.45, 2.75) is 0 Å². The molecule has 0 aliphatic carbocycles. The third kappa shape index (κ3) is 1.79. The number of pyridine rings is 1. The lowest BCUT2D eigenvalue weighted by Crippen LogP contribution is -2.01. The summed E-state index contributed by atoms with van der Waals surface area (Å²) in [4.78, 5) is 23.8. The van der Waals surface area contributed by atoms with Gasteiger partial charge in [-0.3, -0.25) is 4.79 Å². The van der Waals surface area contributed by atoms with Gasteiger partial charge in [-0.2, -0.15) is 0 Å². The van der Waals surface area contributed by atoms with Crippen molar-refractivity contribution in [3.63, 3.8) is 0 Å². The summed E-state index contributed by atoms with van der Waals surface area (Å²) in [5, 5.41) is 10.7. The summed E-state index contributed by atoms with van der Waals surface area (Å²) >= 11 is 0. The Bertz CT molecular complexity index is 311. The number of carboxylic acid groups (broad SMARTS) is 1. The Hall–Kier alpha value is -1.91.